The largest absolute Gasteiger partial charge is 0.439 e. The van der Waals surface area contributed by atoms with Gasteiger partial charge >= 0.3 is 5.76 Å². The molecule has 12 heteroatoms. The number of nitrogens with one attached hydrogen (secondary N) is 1. The summed E-state index contributed by atoms with van der Waals surface area (Å²) in [6, 6.07) is 1.78. The van der Waals surface area contributed by atoms with Crippen LogP contribution in [0.15, 0.2) is 27.8 Å². The second kappa shape index (κ2) is 10.5. The zero-order valence-corrected chi connectivity index (χ0v) is 21.9. The minimum Gasteiger partial charge on any atom is -0.385 e. The van der Waals surface area contributed by atoms with Crippen molar-refractivity contribution < 1.29 is 14.4 Å². The highest BCUT2D eigenvalue weighted by Gasteiger charge is 2.32. The van der Waals surface area contributed by atoms with Crippen LogP contribution in [0, 0.1) is 17.8 Å². The maximum Gasteiger partial charge on any atom is 0.439 e. The third-order valence-electron chi connectivity index (χ3n) is 7.82. The molecule has 0 aromatic carbocycles. The molecule has 2 aliphatic rings. The minimum absolute atomic E-state index is 0.0290. The number of hydrogen-bond acceptors (Lipinski definition) is 9. The fourth-order valence-electron chi connectivity index (χ4n) is 5.65. The highest BCUT2D eigenvalue weighted by molar-refractivity contribution is 6.30. The summed E-state index contributed by atoms with van der Waals surface area (Å²) in [5.74, 6) is 1.31. The second-order valence-corrected chi connectivity index (χ2v) is 10.9. The molecular weight excluding hydrogens is 510 g/mol. The van der Waals surface area contributed by atoms with Gasteiger partial charge in [-0.05, 0) is 49.5 Å². The number of pyridine rings is 1. The number of hydrogen-bond donors (Lipinski definition) is 2. The van der Waals surface area contributed by atoms with Crippen molar-refractivity contribution in [1.82, 2.24) is 34.6 Å². The Morgan fingerprint density at radius 2 is 1.92 bits per heavy atom. The van der Waals surface area contributed by atoms with E-state index in [2.05, 4.69) is 31.6 Å². The molecule has 1 aliphatic carbocycles. The van der Waals surface area contributed by atoms with E-state index in [1.807, 2.05) is 0 Å². The van der Waals surface area contributed by atoms with E-state index in [0.29, 0.717) is 58.9 Å². The van der Waals surface area contributed by atoms with Crippen LogP contribution in [-0.4, -0.2) is 53.0 Å². The standard InChI is InChI=1S/C26H30ClN7O4/c1-14-2-4-15(5-3-14)13-34-20-19(17-10-18(27)12-28-11-17)29-23(24-32-26(36)38-33-24)30-22(20)31-25(34)21(35)16-6-8-37-9-7-16/h10-12,14-16,21,35H,2-9,13H2,1H3,(H,32,33,36)/t14-,15-,21?. The molecule has 0 spiro atoms. The van der Waals surface area contributed by atoms with Crippen molar-refractivity contribution in [2.45, 2.75) is 58.1 Å². The molecule has 4 aromatic heterocycles. The van der Waals surface area contributed by atoms with Gasteiger partial charge in [-0.25, -0.2) is 19.7 Å². The first-order valence-corrected chi connectivity index (χ1v) is 13.6. The number of H-pyrrole nitrogens is 1. The van der Waals surface area contributed by atoms with Crippen molar-refractivity contribution in [3.8, 4) is 22.9 Å². The minimum atomic E-state index is -0.781. The Hall–Kier alpha value is -3.15. The van der Waals surface area contributed by atoms with E-state index in [1.165, 1.54) is 12.8 Å². The first-order valence-electron chi connectivity index (χ1n) is 13.2. The van der Waals surface area contributed by atoms with Crippen molar-refractivity contribution >= 4 is 22.8 Å². The lowest BCUT2D eigenvalue weighted by Crippen LogP contribution is -2.26. The third-order valence-corrected chi connectivity index (χ3v) is 8.02. The molecule has 6 rings (SSSR count). The van der Waals surface area contributed by atoms with Crippen LogP contribution >= 0.6 is 11.6 Å². The summed E-state index contributed by atoms with van der Waals surface area (Å²) in [7, 11) is 0. The molecule has 4 aromatic rings. The van der Waals surface area contributed by atoms with Crippen LogP contribution in [0.2, 0.25) is 5.02 Å². The molecule has 0 radical (unpaired) electrons. The predicted molar refractivity (Wildman–Crippen MR) is 139 cm³/mol. The molecule has 11 nitrogen and oxygen atoms in total. The lowest BCUT2D eigenvalue weighted by atomic mass is 9.83. The van der Waals surface area contributed by atoms with E-state index in [4.69, 9.17) is 30.8 Å². The number of aliphatic hydroxyl groups excluding tert-OH is 1. The summed E-state index contributed by atoms with van der Waals surface area (Å²) in [5, 5.41) is 15.8. The molecule has 2 N–H and O–H groups in total. The maximum absolute atomic E-state index is 11.7. The van der Waals surface area contributed by atoms with Gasteiger partial charge in [0.15, 0.2) is 5.65 Å². The number of aromatic nitrogens is 7. The first kappa shape index (κ1) is 25.1. The van der Waals surface area contributed by atoms with Gasteiger partial charge in [0.05, 0.1) is 5.02 Å². The molecule has 0 bridgehead atoms. The molecule has 0 amide bonds. The van der Waals surface area contributed by atoms with E-state index in [-0.39, 0.29) is 17.6 Å². The van der Waals surface area contributed by atoms with E-state index in [9.17, 15) is 9.90 Å². The highest BCUT2D eigenvalue weighted by Crippen LogP contribution is 2.37. The molecule has 38 heavy (non-hydrogen) atoms. The van der Waals surface area contributed by atoms with Gasteiger partial charge in [-0.3, -0.25) is 14.5 Å². The Labute approximate surface area is 223 Å². The smallest absolute Gasteiger partial charge is 0.385 e. The SMILES string of the molecule is C[C@H]1CC[C@H](Cn2c(C(O)C3CCOCC3)nc3nc(-c4noc(=O)[nH]4)nc(-c4cncc(Cl)c4)c32)CC1. The summed E-state index contributed by atoms with van der Waals surface area (Å²) in [6.45, 7) is 4.23. The van der Waals surface area contributed by atoms with E-state index >= 15 is 0 Å². The van der Waals surface area contributed by atoms with Crippen molar-refractivity contribution in [2.75, 3.05) is 13.2 Å². The van der Waals surface area contributed by atoms with Gasteiger partial charge < -0.3 is 14.4 Å². The zero-order valence-electron chi connectivity index (χ0n) is 21.1. The molecule has 1 atom stereocenters. The number of nitrogens with zero attached hydrogens (tertiary/aromatic N) is 6. The average Bonchev–Trinajstić information content (AvgIpc) is 3.53. The van der Waals surface area contributed by atoms with Crippen LogP contribution < -0.4 is 5.76 Å². The number of fused-ring (bicyclic) bond motifs is 1. The topological polar surface area (TPSA) is 145 Å². The van der Waals surface area contributed by atoms with E-state index < -0.39 is 11.9 Å². The summed E-state index contributed by atoms with van der Waals surface area (Å²) in [4.78, 5) is 32.8. The molecular formula is C26H30ClN7O4. The van der Waals surface area contributed by atoms with Gasteiger partial charge in [-0.15, -0.1) is 0 Å². The van der Waals surface area contributed by atoms with Crippen molar-refractivity contribution in [3.05, 3.63) is 39.9 Å². The lowest BCUT2D eigenvalue weighted by Gasteiger charge is -2.30. The molecule has 1 unspecified atom stereocenters. The van der Waals surface area contributed by atoms with Crippen LogP contribution in [0.1, 0.15) is 57.4 Å². The Morgan fingerprint density at radius 3 is 2.63 bits per heavy atom. The average molecular weight is 540 g/mol. The Kier molecular flexibility index (Phi) is 6.98. The summed E-state index contributed by atoms with van der Waals surface area (Å²) in [6.07, 6.45) is 8.55. The number of imidazole rings is 1. The fraction of sp³-hybridized carbons (Fsp3) is 0.538. The molecule has 2 fully saturated rings. The number of aromatic amines is 1. The summed E-state index contributed by atoms with van der Waals surface area (Å²) >= 11 is 6.32. The van der Waals surface area contributed by atoms with Crippen molar-refractivity contribution in [3.63, 3.8) is 0 Å². The number of rotatable bonds is 6. The van der Waals surface area contributed by atoms with Crippen LogP contribution in [0.3, 0.4) is 0 Å². The Balaban J connectivity index is 1.55. The molecule has 1 aliphatic heterocycles. The van der Waals surface area contributed by atoms with Crippen molar-refractivity contribution in [1.29, 1.82) is 0 Å². The normalized spacial score (nSPS) is 21.7. The van der Waals surface area contributed by atoms with Crippen LogP contribution in [-0.2, 0) is 11.3 Å². The molecule has 1 saturated carbocycles. The van der Waals surface area contributed by atoms with Crippen LogP contribution in [0.5, 0.6) is 0 Å². The monoisotopic (exact) mass is 539 g/mol. The van der Waals surface area contributed by atoms with Gasteiger partial charge in [0.25, 0.3) is 0 Å². The highest BCUT2D eigenvalue weighted by atomic mass is 35.5. The first-order chi connectivity index (χ1) is 18.5. The maximum atomic E-state index is 11.7. The number of aliphatic hydroxyl groups is 1. The van der Waals surface area contributed by atoms with Crippen LogP contribution in [0.25, 0.3) is 34.1 Å². The van der Waals surface area contributed by atoms with Gasteiger partial charge in [-0.2, -0.15) is 0 Å². The van der Waals surface area contributed by atoms with Gasteiger partial charge in [0.1, 0.15) is 23.1 Å². The molecule has 5 heterocycles. The van der Waals surface area contributed by atoms with E-state index in [0.717, 1.165) is 31.6 Å². The Morgan fingerprint density at radius 1 is 1.13 bits per heavy atom. The zero-order chi connectivity index (χ0) is 26.2. The van der Waals surface area contributed by atoms with Crippen molar-refractivity contribution in [2.24, 2.45) is 17.8 Å². The van der Waals surface area contributed by atoms with Crippen LogP contribution in [0.4, 0.5) is 0 Å². The van der Waals surface area contributed by atoms with Gasteiger partial charge in [0.2, 0.25) is 11.6 Å². The predicted octanol–water partition coefficient (Wildman–Crippen LogP) is 4.17. The lowest BCUT2D eigenvalue weighted by molar-refractivity contribution is 0.00228. The van der Waals surface area contributed by atoms with Gasteiger partial charge in [0, 0.05) is 37.7 Å². The van der Waals surface area contributed by atoms with Gasteiger partial charge in [-0.1, -0.05) is 36.5 Å². The summed E-state index contributed by atoms with van der Waals surface area (Å²) < 4.78 is 12.3. The Bertz CT molecular complexity index is 1480. The summed E-state index contributed by atoms with van der Waals surface area (Å²) in [5.41, 5.74) is 2.32. The number of ether oxygens (including phenoxy) is 1. The fourth-order valence-corrected chi connectivity index (χ4v) is 5.82. The molecule has 200 valence electrons. The quantitative estimate of drug-likeness (QED) is 0.368. The molecule has 1 saturated heterocycles. The number of halogens is 1. The van der Waals surface area contributed by atoms with E-state index in [1.54, 1.807) is 18.5 Å². The second-order valence-electron chi connectivity index (χ2n) is 10.5. The third kappa shape index (κ3) is 4.97.